The zero-order valence-corrected chi connectivity index (χ0v) is 4.16. The SMILES string of the molecule is [CH2]CS([CH2])(=O)=O. The van der Waals surface area contributed by atoms with Gasteiger partial charge in [0.05, 0.1) is 12.0 Å². The van der Waals surface area contributed by atoms with Gasteiger partial charge in [-0.1, -0.05) is 0 Å². The molecular formula is C3H6O2S. The molecule has 2 nitrogen and oxygen atoms in total. The van der Waals surface area contributed by atoms with Crippen molar-refractivity contribution in [3.8, 4) is 0 Å². The van der Waals surface area contributed by atoms with Crippen LogP contribution in [0.3, 0.4) is 0 Å². The molecule has 36 valence electrons. The Bertz CT molecular complexity index is 111. The van der Waals surface area contributed by atoms with E-state index in [2.05, 4.69) is 13.2 Å². The molecule has 0 rings (SSSR count). The summed E-state index contributed by atoms with van der Waals surface area (Å²) < 4.78 is 19.7. The van der Waals surface area contributed by atoms with Gasteiger partial charge in [0.1, 0.15) is 0 Å². The van der Waals surface area contributed by atoms with Gasteiger partial charge in [-0.25, -0.2) is 8.42 Å². The average molecular weight is 106 g/mol. The Morgan fingerprint density at radius 3 is 1.67 bits per heavy atom. The van der Waals surface area contributed by atoms with Crippen LogP contribution in [0.15, 0.2) is 0 Å². The van der Waals surface area contributed by atoms with Crippen LogP contribution in [0.4, 0.5) is 0 Å². The smallest absolute Gasteiger partial charge is 0.151 e. The minimum atomic E-state index is -3.02. The highest BCUT2D eigenvalue weighted by molar-refractivity contribution is 7.92. The number of sulfone groups is 1. The Morgan fingerprint density at radius 2 is 1.67 bits per heavy atom. The second-order valence-electron chi connectivity index (χ2n) is 0.948. The molecule has 0 atom stereocenters. The lowest BCUT2D eigenvalue weighted by Gasteiger charge is -1.80. The zero-order chi connectivity index (χ0) is 5.21. The summed E-state index contributed by atoms with van der Waals surface area (Å²) in [5.41, 5.74) is 0. The lowest BCUT2D eigenvalue weighted by Crippen LogP contribution is -1.93. The van der Waals surface area contributed by atoms with E-state index in [0.29, 0.717) is 0 Å². The first-order chi connectivity index (χ1) is 2.56. The maximum Gasteiger partial charge on any atom is 0.151 e. The summed E-state index contributed by atoms with van der Waals surface area (Å²) in [5, 5.41) is 0. The highest BCUT2D eigenvalue weighted by Crippen LogP contribution is 1.78. The van der Waals surface area contributed by atoms with Gasteiger partial charge in [0.2, 0.25) is 0 Å². The van der Waals surface area contributed by atoms with Crippen LogP contribution in [0.5, 0.6) is 0 Å². The summed E-state index contributed by atoms with van der Waals surface area (Å²) in [6.45, 7) is 3.11. The summed E-state index contributed by atoms with van der Waals surface area (Å²) >= 11 is 0. The van der Waals surface area contributed by atoms with Crippen LogP contribution in [0, 0.1) is 13.2 Å². The van der Waals surface area contributed by atoms with E-state index in [1.807, 2.05) is 0 Å². The molecule has 0 saturated carbocycles. The van der Waals surface area contributed by atoms with Gasteiger partial charge >= 0.3 is 0 Å². The standard InChI is InChI=1S/C3H6O2S/c1-3-6(2,4)5/h1-3H2. The molecule has 0 heterocycles. The van der Waals surface area contributed by atoms with Crippen LogP contribution in [0.25, 0.3) is 0 Å². The van der Waals surface area contributed by atoms with Crippen molar-refractivity contribution in [2.24, 2.45) is 0 Å². The van der Waals surface area contributed by atoms with E-state index >= 15 is 0 Å². The fraction of sp³-hybridized carbons (Fsp3) is 0.333. The van der Waals surface area contributed by atoms with E-state index in [9.17, 15) is 8.42 Å². The molecule has 0 aliphatic carbocycles. The highest BCUT2D eigenvalue weighted by atomic mass is 32.2. The Morgan fingerprint density at radius 1 is 1.50 bits per heavy atom. The Labute approximate surface area is 38.1 Å². The summed E-state index contributed by atoms with van der Waals surface area (Å²) in [4.78, 5) is 0. The molecule has 0 fully saturated rings. The minimum Gasteiger partial charge on any atom is -0.229 e. The molecule has 0 N–H and O–H groups in total. The molecule has 0 amide bonds. The molecule has 0 aliphatic rings. The summed E-state index contributed by atoms with van der Waals surface area (Å²) in [7, 11) is -3.02. The van der Waals surface area contributed by atoms with Crippen molar-refractivity contribution < 1.29 is 8.42 Å². The number of rotatable bonds is 1. The van der Waals surface area contributed by atoms with Crippen LogP contribution >= 0.6 is 0 Å². The van der Waals surface area contributed by atoms with E-state index in [1.165, 1.54) is 0 Å². The molecule has 0 aliphatic heterocycles. The summed E-state index contributed by atoms with van der Waals surface area (Å²) in [6.07, 6.45) is 2.80. The minimum absolute atomic E-state index is 0.118. The molecule has 0 spiro atoms. The maximum absolute atomic E-state index is 9.83. The van der Waals surface area contributed by atoms with Gasteiger partial charge in [-0.2, -0.15) is 0 Å². The van der Waals surface area contributed by atoms with Gasteiger partial charge in [-0.05, 0) is 6.92 Å². The molecule has 2 radical (unpaired) electrons. The van der Waals surface area contributed by atoms with Gasteiger partial charge in [0.15, 0.2) is 9.84 Å². The molecular weight excluding hydrogens is 100 g/mol. The Hall–Kier alpha value is -0.0500. The van der Waals surface area contributed by atoms with Crippen LogP contribution < -0.4 is 0 Å². The Kier molecular flexibility index (Phi) is 1.59. The first kappa shape index (κ1) is 5.95. The van der Waals surface area contributed by atoms with Crippen molar-refractivity contribution in [1.82, 2.24) is 0 Å². The second-order valence-corrected chi connectivity index (χ2v) is 2.84. The first-order valence-electron chi connectivity index (χ1n) is 1.41. The van der Waals surface area contributed by atoms with Crippen molar-refractivity contribution >= 4 is 9.84 Å². The predicted octanol–water partition coefficient (Wildman–Crippen LogP) is 0.0269. The van der Waals surface area contributed by atoms with E-state index in [1.54, 1.807) is 0 Å². The van der Waals surface area contributed by atoms with Crippen LogP contribution in [0.1, 0.15) is 0 Å². The molecule has 0 bridgehead atoms. The van der Waals surface area contributed by atoms with Gasteiger partial charge in [0.25, 0.3) is 0 Å². The fourth-order valence-electron chi connectivity index (χ4n) is 0. The highest BCUT2D eigenvalue weighted by Gasteiger charge is 1.91. The summed E-state index contributed by atoms with van der Waals surface area (Å²) in [6, 6.07) is 0. The van der Waals surface area contributed by atoms with Gasteiger partial charge in [0, 0.05) is 0 Å². The van der Waals surface area contributed by atoms with Gasteiger partial charge < -0.3 is 0 Å². The van der Waals surface area contributed by atoms with Crippen LogP contribution in [0.2, 0.25) is 0 Å². The van der Waals surface area contributed by atoms with E-state index < -0.39 is 9.84 Å². The fourth-order valence-corrected chi connectivity index (χ4v) is 0. The maximum atomic E-state index is 9.83. The van der Waals surface area contributed by atoms with Crippen molar-refractivity contribution in [1.29, 1.82) is 0 Å². The molecule has 0 unspecified atom stereocenters. The molecule has 3 heteroatoms. The quantitative estimate of drug-likeness (QED) is 0.472. The second kappa shape index (κ2) is 1.60. The summed E-state index contributed by atoms with van der Waals surface area (Å²) in [5.74, 6) is -0.118. The number of hydrogen-bond acceptors (Lipinski definition) is 2. The molecule has 0 saturated heterocycles. The lowest BCUT2D eigenvalue weighted by atomic mass is 11.0. The predicted molar refractivity (Wildman–Crippen MR) is 24.5 cm³/mol. The Balaban J connectivity index is 3.85. The van der Waals surface area contributed by atoms with Gasteiger partial charge in [-0.15, -0.1) is 0 Å². The zero-order valence-electron chi connectivity index (χ0n) is 3.35. The topological polar surface area (TPSA) is 34.1 Å². The monoisotopic (exact) mass is 106 g/mol. The normalized spacial score (nSPS) is 11.7. The largest absolute Gasteiger partial charge is 0.229 e. The first-order valence-corrected chi connectivity index (χ1v) is 3.23. The van der Waals surface area contributed by atoms with E-state index in [0.717, 1.165) is 0 Å². The van der Waals surface area contributed by atoms with E-state index in [-0.39, 0.29) is 5.75 Å². The third-order valence-corrected chi connectivity index (χ3v) is 0.933. The number of hydrogen-bond donors (Lipinski definition) is 0. The molecule has 6 heavy (non-hydrogen) atoms. The molecule has 0 aromatic rings. The van der Waals surface area contributed by atoms with Crippen molar-refractivity contribution in [3.05, 3.63) is 13.2 Å². The average Bonchev–Trinajstić information content (AvgIpc) is 1.35. The van der Waals surface area contributed by atoms with Crippen molar-refractivity contribution in [2.45, 2.75) is 0 Å². The molecule has 0 aromatic heterocycles. The van der Waals surface area contributed by atoms with Gasteiger partial charge in [-0.3, -0.25) is 0 Å². The van der Waals surface area contributed by atoms with Crippen molar-refractivity contribution in [3.63, 3.8) is 0 Å². The lowest BCUT2D eigenvalue weighted by molar-refractivity contribution is 0.607. The van der Waals surface area contributed by atoms with E-state index in [4.69, 9.17) is 0 Å². The van der Waals surface area contributed by atoms with Crippen molar-refractivity contribution in [2.75, 3.05) is 5.75 Å². The van der Waals surface area contributed by atoms with Crippen LogP contribution in [-0.4, -0.2) is 14.2 Å². The van der Waals surface area contributed by atoms with Crippen LogP contribution in [-0.2, 0) is 9.84 Å². The third kappa shape index (κ3) is 3.95. The third-order valence-electron chi connectivity index (χ3n) is 0.311. The molecule has 0 aromatic carbocycles.